The average molecular weight is 419 g/mol. The van der Waals surface area contributed by atoms with Crippen molar-refractivity contribution in [1.82, 2.24) is 9.21 Å². The van der Waals surface area contributed by atoms with Gasteiger partial charge in [-0.1, -0.05) is 24.3 Å². The third-order valence-corrected chi connectivity index (χ3v) is 8.21. The van der Waals surface area contributed by atoms with Crippen molar-refractivity contribution < 1.29 is 13.2 Å². The van der Waals surface area contributed by atoms with Gasteiger partial charge in [0.25, 0.3) is 0 Å². The Labute approximate surface area is 171 Å². The predicted octanol–water partition coefficient (Wildman–Crippen LogP) is 3.24. The van der Waals surface area contributed by atoms with E-state index in [1.807, 2.05) is 51.1 Å². The molecule has 28 heavy (non-hydrogen) atoms. The smallest absolute Gasteiger partial charge is 0.243 e. The molecule has 0 aromatic heterocycles. The number of sulfonamides is 1. The molecule has 1 fully saturated rings. The fourth-order valence-corrected chi connectivity index (χ4v) is 5.59. The fraction of sp³-hybridized carbons (Fsp3) is 0.381. The summed E-state index contributed by atoms with van der Waals surface area (Å²) >= 11 is 1.53. The standard InChI is InChI=1S/C21H26N2O3S2/c1-16-8-9-19(14-18(16)3)28(25,26)23-12-10-22(11-13-23)21(24)15-27-20-7-5-4-6-17(20)2/h4-9,14H,10-13,15H2,1-3H3. The molecule has 0 spiro atoms. The zero-order valence-electron chi connectivity index (χ0n) is 16.5. The summed E-state index contributed by atoms with van der Waals surface area (Å²) in [6.07, 6.45) is 0. The molecule has 1 saturated heterocycles. The number of hydrogen-bond donors (Lipinski definition) is 0. The number of rotatable bonds is 5. The van der Waals surface area contributed by atoms with Crippen molar-refractivity contribution in [3.63, 3.8) is 0 Å². The van der Waals surface area contributed by atoms with Crippen LogP contribution in [-0.4, -0.2) is 55.5 Å². The summed E-state index contributed by atoms with van der Waals surface area (Å²) in [6.45, 7) is 7.42. The van der Waals surface area contributed by atoms with E-state index in [-0.39, 0.29) is 5.91 Å². The molecule has 0 aliphatic carbocycles. The highest BCUT2D eigenvalue weighted by Crippen LogP contribution is 2.23. The Morgan fingerprint density at radius 3 is 2.25 bits per heavy atom. The number of amides is 1. The SMILES string of the molecule is Cc1ccc(S(=O)(=O)N2CCN(C(=O)CSc3ccccc3C)CC2)cc1C. The number of carbonyl (C=O) groups excluding carboxylic acids is 1. The van der Waals surface area contributed by atoms with Crippen LogP contribution in [0.15, 0.2) is 52.3 Å². The summed E-state index contributed by atoms with van der Waals surface area (Å²) in [6, 6.07) is 13.2. The molecule has 5 nitrogen and oxygen atoms in total. The maximum Gasteiger partial charge on any atom is 0.243 e. The molecule has 7 heteroatoms. The summed E-state index contributed by atoms with van der Waals surface area (Å²) in [4.78, 5) is 15.7. The van der Waals surface area contributed by atoms with Gasteiger partial charge >= 0.3 is 0 Å². The van der Waals surface area contributed by atoms with Crippen LogP contribution in [0, 0.1) is 20.8 Å². The van der Waals surface area contributed by atoms with Crippen molar-refractivity contribution in [3.05, 3.63) is 59.2 Å². The van der Waals surface area contributed by atoms with Crippen LogP contribution in [-0.2, 0) is 14.8 Å². The van der Waals surface area contributed by atoms with Gasteiger partial charge in [0.1, 0.15) is 0 Å². The lowest BCUT2D eigenvalue weighted by Crippen LogP contribution is -2.50. The van der Waals surface area contributed by atoms with Crippen LogP contribution in [0.4, 0.5) is 0 Å². The van der Waals surface area contributed by atoms with Gasteiger partial charge in [-0.2, -0.15) is 4.31 Å². The molecule has 2 aromatic carbocycles. The van der Waals surface area contributed by atoms with Gasteiger partial charge < -0.3 is 4.90 Å². The van der Waals surface area contributed by atoms with Gasteiger partial charge in [-0.05, 0) is 55.7 Å². The second-order valence-corrected chi connectivity index (χ2v) is 10.0. The van der Waals surface area contributed by atoms with E-state index in [0.717, 1.165) is 21.6 Å². The van der Waals surface area contributed by atoms with Gasteiger partial charge in [0.2, 0.25) is 15.9 Å². The van der Waals surface area contributed by atoms with Crippen LogP contribution >= 0.6 is 11.8 Å². The van der Waals surface area contributed by atoms with Crippen LogP contribution in [0.3, 0.4) is 0 Å². The van der Waals surface area contributed by atoms with E-state index in [4.69, 9.17) is 0 Å². The highest BCUT2D eigenvalue weighted by Gasteiger charge is 2.30. The lowest BCUT2D eigenvalue weighted by atomic mass is 10.1. The number of aryl methyl sites for hydroxylation is 3. The van der Waals surface area contributed by atoms with Gasteiger partial charge in [0, 0.05) is 31.1 Å². The molecule has 0 saturated carbocycles. The third-order valence-electron chi connectivity index (χ3n) is 5.15. The largest absolute Gasteiger partial charge is 0.339 e. The predicted molar refractivity (Wildman–Crippen MR) is 113 cm³/mol. The van der Waals surface area contributed by atoms with Crippen LogP contribution < -0.4 is 0 Å². The monoisotopic (exact) mass is 418 g/mol. The van der Waals surface area contributed by atoms with Crippen molar-refractivity contribution in [2.75, 3.05) is 31.9 Å². The molecule has 2 aromatic rings. The molecule has 1 heterocycles. The molecular formula is C21H26N2O3S2. The number of nitrogens with zero attached hydrogens (tertiary/aromatic N) is 2. The first kappa shape index (κ1) is 20.9. The van der Waals surface area contributed by atoms with Crippen LogP contribution in [0.1, 0.15) is 16.7 Å². The van der Waals surface area contributed by atoms with Gasteiger partial charge in [-0.25, -0.2) is 8.42 Å². The summed E-state index contributed by atoms with van der Waals surface area (Å²) in [5, 5.41) is 0. The normalized spacial score (nSPS) is 15.6. The van der Waals surface area contributed by atoms with E-state index < -0.39 is 10.0 Å². The number of piperazine rings is 1. The average Bonchev–Trinajstić information content (AvgIpc) is 2.69. The molecule has 0 bridgehead atoms. The van der Waals surface area contributed by atoms with Gasteiger partial charge in [-0.3, -0.25) is 4.79 Å². The number of benzene rings is 2. The molecule has 1 aliphatic rings. The minimum absolute atomic E-state index is 0.0523. The molecule has 150 valence electrons. The molecule has 0 N–H and O–H groups in total. The van der Waals surface area contributed by atoms with E-state index in [0.29, 0.717) is 36.8 Å². The summed E-state index contributed by atoms with van der Waals surface area (Å²) in [5.74, 6) is 0.422. The molecular weight excluding hydrogens is 392 g/mol. The van der Waals surface area contributed by atoms with Crippen LogP contribution in [0.5, 0.6) is 0 Å². The van der Waals surface area contributed by atoms with Gasteiger partial charge in [-0.15, -0.1) is 11.8 Å². The minimum atomic E-state index is -3.52. The van der Waals surface area contributed by atoms with Gasteiger partial charge in [0.15, 0.2) is 0 Å². The second kappa shape index (κ2) is 8.68. The highest BCUT2D eigenvalue weighted by atomic mass is 32.2. The summed E-state index contributed by atoms with van der Waals surface area (Å²) in [7, 11) is -3.52. The Morgan fingerprint density at radius 2 is 1.61 bits per heavy atom. The maximum atomic E-state index is 12.9. The first-order valence-electron chi connectivity index (χ1n) is 9.32. The third kappa shape index (κ3) is 4.59. The van der Waals surface area contributed by atoms with E-state index in [9.17, 15) is 13.2 Å². The molecule has 1 aliphatic heterocycles. The van der Waals surface area contributed by atoms with Crippen molar-refractivity contribution >= 4 is 27.7 Å². The molecule has 0 radical (unpaired) electrons. The fourth-order valence-electron chi connectivity index (χ4n) is 3.15. The van der Waals surface area contributed by atoms with E-state index >= 15 is 0 Å². The zero-order valence-corrected chi connectivity index (χ0v) is 18.1. The van der Waals surface area contributed by atoms with Crippen molar-refractivity contribution in [2.24, 2.45) is 0 Å². The first-order chi connectivity index (χ1) is 13.3. The first-order valence-corrected chi connectivity index (χ1v) is 11.8. The lowest BCUT2D eigenvalue weighted by molar-refractivity contribution is -0.129. The zero-order chi connectivity index (χ0) is 20.3. The Morgan fingerprint density at radius 1 is 0.929 bits per heavy atom. The van der Waals surface area contributed by atoms with E-state index in [1.54, 1.807) is 17.0 Å². The maximum absolute atomic E-state index is 12.9. The van der Waals surface area contributed by atoms with E-state index in [2.05, 4.69) is 0 Å². The number of hydrogen-bond acceptors (Lipinski definition) is 4. The quantitative estimate of drug-likeness (QED) is 0.700. The Hall–Kier alpha value is -1.83. The van der Waals surface area contributed by atoms with Gasteiger partial charge in [0.05, 0.1) is 10.6 Å². The number of carbonyl (C=O) groups is 1. The molecule has 0 unspecified atom stereocenters. The molecule has 0 atom stereocenters. The van der Waals surface area contributed by atoms with Crippen molar-refractivity contribution in [1.29, 1.82) is 0 Å². The lowest BCUT2D eigenvalue weighted by Gasteiger charge is -2.34. The molecule has 1 amide bonds. The Kier molecular flexibility index (Phi) is 6.47. The summed E-state index contributed by atoms with van der Waals surface area (Å²) in [5.41, 5.74) is 3.19. The summed E-state index contributed by atoms with van der Waals surface area (Å²) < 4.78 is 27.3. The Bertz CT molecular complexity index is 965. The Balaban J connectivity index is 1.58. The van der Waals surface area contributed by atoms with Crippen molar-refractivity contribution in [2.45, 2.75) is 30.6 Å². The second-order valence-electron chi connectivity index (χ2n) is 7.09. The van der Waals surface area contributed by atoms with Crippen LogP contribution in [0.25, 0.3) is 0 Å². The minimum Gasteiger partial charge on any atom is -0.339 e. The van der Waals surface area contributed by atoms with Crippen LogP contribution in [0.2, 0.25) is 0 Å². The highest BCUT2D eigenvalue weighted by molar-refractivity contribution is 8.00. The van der Waals surface area contributed by atoms with E-state index in [1.165, 1.54) is 16.1 Å². The number of thioether (sulfide) groups is 1. The topological polar surface area (TPSA) is 57.7 Å². The molecule has 3 rings (SSSR count). The van der Waals surface area contributed by atoms with Crippen molar-refractivity contribution in [3.8, 4) is 0 Å².